The van der Waals surface area contributed by atoms with Gasteiger partial charge >= 0.3 is 5.97 Å². The first-order chi connectivity index (χ1) is 8.66. The van der Waals surface area contributed by atoms with Gasteiger partial charge in [-0.15, -0.1) is 0 Å². The first-order valence-electron chi connectivity index (χ1n) is 7.30. The third-order valence-electron chi connectivity index (χ3n) is 4.48. The second kappa shape index (κ2) is 6.53. The van der Waals surface area contributed by atoms with Crippen LogP contribution in [0.1, 0.15) is 51.4 Å². The molecule has 3 atom stereocenters. The fourth-order valence-corrected chi connectivity index (χ4v) is 3.48. The summed E-state index contributed by atoms with van der Waals surface area (Å²) in [5.41, 5.74) is 0. The maximum atomic E-state index is 10.6. The van der Waals surface area contributed by atoms with Crippen LogP contribution in [0.3, 0.4) is 0 Å². The number of carboxylic acids is 1. The lowest BCUT2D eigenvalue weighted by Gasteiger charge is -2.42. The average molecular weight is 255 g/mol. The van der Waals surface area contributed by atoms with Crippen LogP contribution in [0.2, 0.25) is 0 Å². The van der Waals surface area contributed by atoms with Crippen LogP contribution in [0.25, 0.3) is 0 Å². The summed E-state index contributed by atoms with van der Waals surface area (Å²) in [5.74, 6) is -0.186. The minimum atomic E-state index is -0.690. The first kappa shape index (κ1) is 13.8. The van der Waals surface area contributed by atoms with Crippen LogP contribution >= 0.6 is 0 Å². The number of carboxylic acid groups (broad SMARTS) is 1. The molecule has 0 bridgehead atoms. The van der Waals surface area contributed by atoms with Gasteiger partial charge in [-0.2, -0.15) is 0 Å². The minimum absolute atomic E-state index is 0.169. The van der Waals surface area contributed by atoms with E-state index in [4.69, 9.17) is 5.11 Å². The normalized spacial score (nSPS) is 34.4. The molecule has 0 aromatic rings. The van der Waals surface area contributed by atoms with Crippen LogP contribution in [0, 0.1) is 5.92 Å². The van der Waals surface area contributed by atoms with Gasteiger partial charge in [0.25, 0.3) is 0 Å². The van der Waals surface area contributed by atoms with E-state index in [2.05, 4.69) is 4.90 Å². The van der Waals surface area contributed by atoms with E-state index in [1.807, 2.05) is 0 Å². The fourth-order valence-electron chi connectivity index (χ4n) is 3.48. The Morgan fingerprint density at radius 1 is 1.17 bits per heavy atom. The maximum Gasteiger partial charge on any atom is 0.303 e. The molecule has 0 amide bonds. The van der Waals surface area contributed by atoms with Gasteiger partial charge in [-0.3, -0.25) is 9.69 Å². The van der Waals surface area contributed by atoms with Gasteiger partial charge < -0.3 is 10.2 Å². The zero-order chi connectivity index (χ0) is 13.0. The van der Waals surface area contributed by atoms with Crippen molar-refractivity contribution in [2.75, 3.05) is 13.1 Å². The van der Waals surface area contributed by atoms with Crippen molar-refractivity contribution in [3.63, 3.8) is 0 Å². The van der Waals surface area contributed by atoms with Crippen LogP contribution in [0.5, 0.6) is 0 Å². The molecule has 1 aliphatic carbocycles. The molecule has 18 heavy (non-hydrogen) atoms. The molecule has 1 saturated carbocycles. The zero-order valence-electron chi connectivity index (χ0n) is 11.1. The number of aliphatic carboxylic acids is 1. The fraction of sp³-hybridized carbons (Fsp3) is 0.929. The van der Waals surface area contributed by atoms with Gasteiger partial charge in [0.05, 0.1) is 6.10 Å². The highest BCUT2D eigenvalue weighted by Gasteiger charge is 2.31. The Bertz CT molecular complexity index is 282. The Morgan fingerprint density at radius 3 is 2.67 bits per heavy atom. The number of aliphatic hydroxyl groups is 1. The van der Waals surface area contributed by atoms with Gasteiger partial charge in [-0.1, -0.05) is 12.8 Å². The van der Waals surface area contributed by atoms with Crippen molar-refractivity contribution in [1.82, 2.24) is 4.90 Å². The van der Waals surface area contributed by atoms with Crippen molar-refractivity contribution in [3.8, 4) is 0 Å². The quantitative estimate of drug-likeness (QED) is 0.805. The Balaban J connectivity index is 1.83. The summed E-state index contributed by atoms with van der Waals surface area (Å²) in [5, 5.41) is 18.8. The largest absolute Gasteiger partial charge is 0.481 e. The van der Waals surface area contributed by atoms with E-state index in [0.717, 1.165) is 51.6 Å². The van der Waals surface area contributed by atoms with Crippen molar-refractivity contribution in [1.29, 1.82) is 0 Å². The monoisotopic (exact) mass is 255 g/mol. The molecular weight excluding hydrogens is 230 g/mol. The zero-order valence-corrected chi connectivity index (χ0v) is 11.1. The summed E-state index contributed by atoms with van der Waals surface area (Å²) in [6.07, 6.45) is 7.59. The van der Waals surface area contributed by atoms with E-state index >= 15 is 0 Å². The van der Waals surface area contributed by atoms with Gasteiger partial charge in [-0.25, -0.2) is 0 Å². The lowest BCUT2D eigenvalue weighted by atomic mass is 9.87. The summed E-state index contributed by atoms with van der Waals surface area (Å²) in [7, 11) is 0. The summed E-state index contributed by atoms with van der Waals surface area (Å²) >= 11 is 0. The Hall–Kier alpha value is -0.610. The number of piperidine rings is 1. The SMILES string of the molecule is O=C(O)CCC1CCCN(C2CCCCC2O)C1. The highest BCUT2D eigenvalue weighted by Crippen LogP contribution is 2.29. The van der Waals surface area contributed by atoms with Crippen LogP contribution in [0.15, 0.2) is 0 Å². The first-order valence-corrected chi connectivity index (χ1v) is 7.30. The van der Waals surface area contributed by atoms with Crippen LogP contribution in [-0.2, 0) is 4.79 Å². The molecule has 4 heteroatoms. The molecule has 4 nitrogen and oxygen atoms in total. The highest BCUT2D eigenvalue weighted by molar-refractivity contribution is 5.66. The lowest BCUT2D eigenvalue weighted by molar-refractivity contribution is -0.137. The van der Waals surface area contributed by atoms with Gasteiger partial charge in [0, 0.05) is 19.0 Å². The highest BCUT2D eigenvalue weighted by atomic mass is 16.4. The summed E-state index contributed by atoms with van der Waals surface area (Å²) in [6.45, 7) is 2.06. The van der Waals surface area contributed by atoms with E-state index in [-0.39, 0.29) is 12.5 Å². The Morgan fingerprint density at radius 2 is 1.94 bits per heavy atom. The third-order valence-corrected chi connectivity index (χ3v) is 4.48. The standard InChI is InChI=1S/C14H25NO3/c16-13-6-2-1-5-12(13)15-9-3-4-11(10-15)7-8-14(17)18/h11-13,16H,1-10H2,(H,17,18). The molecule has 0 spiro atoms. The molecule has 2 rings (SSSR count). The molecule has 0 radical (unpaired) electrons. The van der Waals surface area contributed by atoms with E-state index in [9.17, 15) is 9.90 Å². The molecule has 2 N–H and O–H groups in total. The van der Waals surface area contributed by atoms with Gasteiger partial charge in [0.1, 0.15) is 0 Å². The van der Waals surface area contributed by atoms with Crippen molar-refractivity contribution in [3.05, 3.63) is 0 Å². The third kappa shape index (κ3) is 3.69. The molecule has 3 unspecified atom stereocenters. The molecule has 104 valence electrons. The molecule has 2 aliphatic rings. The number of hydrogen-bond donors (Lipinski definition) is 2. The number of hydrogen-bond acceptors (Lipinski definition) is 3. The average Bonchev–Trinajstić information content (AvgIpc) is 2.37. The number of nitrogens with zero attached hydrogens (tertiary/aromatic N) is 1. The summed E-state index contributed by atoms with van der Waals surface area (Å²) < 4.78 is 0. The molecule has 2 fully saturated rings. The topological polar surface area (TPSA) is 60.8 Å². The van der Waals surface area contributed by atoms with Crippen molar-refractivity contribution >= 4 is 5.97 Å². The molecule has 0 aromatic heterocycles. The molecule has 1 saturated heterocycles. The lowest BCUT2D eigenvalue weighted by Crippen LogP contribution is -2.49. The van der Waals surface area contributed by atoms with E-state index in [0.29, 0.717) is 12.0 Å². The Labute approximate surface area is 109 Å². The second-order valence-electron chi connectivity index (χ2n) is 5.85. The number of carbonyl (C=O) groups is 1. The Kier molecular flexibility index (Phi) is 5.01. The minimum Gasteiger partial charge on any atom is -0.481 e. The molecule has 1 aliphatic heterocycles. The molecule has 1 heterocycles. The van der Waals surface area contributed by atoms with Crippen molar-refractivity contribution < 1.29 is 15.0 Å². The van der Waals surface area contributed by atoms with Gasteiger partial charge in [-0.05, 0) is 44.6 Å². The van der Waals surface area contributed by atoms with Gasteiger partial charge in [0.15, 0.2) is 0 Å². The van der Waals surface area contributed by atoms with Crippen LogP contribution < -0.4 is 0 Å². The predicted octanol–water partition coefficient (Wildman–Crippen LogP) is 1.87. The number of aliphatic hydroxyl groups excluding tert-OH is 1. The van der Waals surface area contributed by atoms with E-state index in [1.54, 1.807) is 0 Å². The van der Waals surface area contributed by atoms with Crippen LogP contribution in [-0.4, -0.2) is 46.3 Å². The van der Waals surface area contributed by atoms with Crippen molar-refractivity contribution in [2.24, 2.45) is 5.92 Å². The summed E-state index contributed by atoms with van der Waals surface area (Å²) in [6, 6.07) is 0.325. The number of likely N-dealkylation sites (tertiary alicyclic amines) is 1. The van der Waals surface area contributed by atoms with E-state index < -0.39 is 5.97 Å². The number of rotatable bonds is 4. The maximum absolute atomic E-state index is 10.6. The van der Waals surface area contributed by atoms with Crippen molar-refractivity contribution in [2.45, 2.75) is 63.5 Å². The van der Waals surface area contributed by atoms with Crippen LogP contribution in [0.4, 0.5) is 0 Å². The molecular formula is C14H25NO3. The van der Waals surface area contributed by atoms with E-state index in [1.165, 1.54) is 6.42 Å². The smallest absolute Gasteiger partial charge is 0.303 e. The van der Waals surface area contributed by atoms with Gasteiger partial charge in [0.2, 0.25) is 0 Å². The second-order valence-corrected chi connectivity index (χ2v) is 5.85. The predicted molar refractivity (Wildman–Crippen MR) is 69.4 cm³/mol. The summed E-state index contributed by atoms with van der Waals surface area (Å²) in [4.78, 5) is 13.0. The molecule has 0 aromatic carbocycles.